The average Bonchev–Trinajstić information content (AvgIpc) is 3.15. The van der Waals surface area contributed by atoms with E-state index in [2.05, 4.69) is 14.9 Å². The van der Waals surface area contributed by atoms with Gasteiger partial charge in [-0.25, -0.2) is 14.4 Å². The summed E-state index contributed by atoms with van der Waals surface area (Å²) in [6, 6.07) is 4.85. The molecule has 27 heavy (non-hydrogen) atoms. The third kappa shape index (κ3) is 4.99. The van der Waals surface area contributed by atoms with Crippen molar-refractivity contribution in [3.63, 3.8) is 0 Å². The molecule has 1 aliphatic heterocycles. The summed E-state index contributed by atoms with van der Waals surface area (Å²) in [6.45, 7) is 1.65. The van der Waals surface area contributed by atoms with Crippen LogP contribution in [0, 0.1) is 11.2 Å². The summed E-state index contributed by atoms with van der Waals surface area (Å²) in [5.41, 5.74) is 6.28. The van der Waals surface area contributed by atoms with Crippen LogP contribution < -0.4 is 10.6 Å². The second-order valence-corrected chi connectivity index (χ2v) is 6.11. The molecule has 3 N–H and O–H groups in total. The van der Waals surface area contributed by atoms with Crippen LogP contribution in [-0.2, 0) is 16.1 Å². The SMILES string of the molecule is C.N=C(N)CC(=O)OCc1cccc(-c2cnc(N3CCCC3)nc2)c1F. The van der Waals surface area contributed by atoms with E-state index in [1.807, 2.05) is 0 Å². The molecule has 2 aromatic rings. The standard InChI is InChI=1S/C18H20FN5O2.CH4/c19-17-12(11-26-16(25)8-15(20)21)4-3-5-14(17)13-9-22-18(23-10-13)24-6-1-2-7-24;/h3-5,9-10H,1-2,6-8,11H2,(H3,20,21);1H4. The third-order valence-electron chi connectivity index (χ3n) is 4.14. The van der Waals surface area contributed by atoms with E-state index >= 15 is 0 Å². The summed E-state index contributed by atoms with van der Waals surface area (Å²) in [7, 11) is 0. The van der Waals surface area contributed by atoms with Crippen molar-refractivity contribution >= 4 is 17.8 Å². The van der Waals surface area contributed by atoms with Crippen molar-refractivity contribution < 1.29 is 13.9 Å². The quantitative estimate of drug-likeness (QED) is 0.458. The highest BCUT2D eigenvalue weighted by atomic mass is 19.1. The highest BCUT2D eigenvalue weighted by molar-refractivity contribution is 5.94. The highest BCUT2D eigenvalue weighted by Gasteiger charge is 2.16. The minimum atomic E-state index is -0.666. The van der Waals surface area contributed by atoms with Gasteiger partial charge in [0.1, 0.15) is 24.7 Å². The first kappa shape index (κ1) is 20.3. The van der Waals surface area contributed by atoms with Crippen LogP contribution in [0.25, 0.3) is 11.1 Å². The fourth-order valence-electron chi connectivity index (χ4n) is 2.82. The molecule has 1 saturated heterocycles. The normalized spacial score (nSPS) is 13.1. The Bertz CT molecular complexity index is 804. The number of hydrogen-bond acceptors (Lipinski definition) is 6. The number of carbonyl (C=O) groups excluding carboxylic acids is 1. The maximum atomic E-state index is 14.7. The summed E-state index contributed by atoms with van der Waals surface area (Å²) in [4.78, 5) is 22.2. The lowest BCUT2D eigenvalue weighted by atomic mass is 10.1. The Morgan fingerprint density at radius 1 is 1.26 bits per heavy atom. The number of benzene rings is 1. The molecular weight excluding hydrogens is 349 g/mol. The minimum Gasteiger partial charge on any atom is -0.460 e. The number of nitrogens with two attached hydrogens (primary N) is 1. The number of amidine groups is 1. The predicted octanol–water partition coefficient (Wildman–Crippen LogP) is 2.89. The van der Waals surface area contributed by atoms with Crippen molar-refractivity contribution in [2.45, 2.75) is 33.3 Å². The summed E-state index contributed by atoms with van der Waals surface area (Å²) in [6.07, 6.45) is 5.15. The van der Waals surface area contributed by atoms with Crippen LogP contribution in [0.1, 0.15) is 32.3 Å². The van der Waals surface area contributed by atoms with E-state index in [9.17, 15) is 9.18 Å². The number of hydrogen-bond donors (Lipinski definition) is 2. The molecule has 1 fully saturated rings. The van der Waals surface area contributed by atoms with Gasteiger partial charge in [0, 0.05) is 42.2 Å². The molecule has 3 rings (SSSR count). The second kappa shape index (κ2) is 9.07. The van der Waals surface area contributed by atoms with Crippen molar-refractivity contribution in [3.05, 3.63) is 42.0 Å². The summed E-state index contributed by atoms with van der Waals surface area (Å²) in [5.74, 6) is -0.790. The Hall–Kier alpha value is -3.03. The van der Waals surface area contributed by atoms with Gasteiger partial charge in [0.15, 0.2) is 0 Å². The molecule has 0 radical (unpaired) electrons. The van der Waals surface area contributed by atoms with E-state index in [1.165, 1.54) is 0 Å². The average molecular weight is 373 g/mol. The maximum Gasteiger partial charge on any atom is 0.313 e. The molecule has 8 heteroatoms. The number of nitrogens with one attached hydrogen (secondary N) is 1. The molecule has 144 valence electrons. The largest absolute Gasteiger partial charge is 0.460 e. The molecule has 0 aliphatic carbocycles. The fourth-order valence-corrected chi connectivity index (χ4v) is 2.82. The van der Waals surface area contributed by atoms with Crippen molar-refractivity contribution in [1.82, 2.24) is 9.97 Å². The maximum absolute atomic E-state index is 14.7. The van der Waals surface area contributed by atoms with Gasteiger partial charge in [0.25, 0.3) is 0 Å². The topological polar surface area (TPSA) is 105 Å². The third-order valence-corrected chi connectivity index (χ3v) is 4.14. The smallest absolute Gasteiger partial charge is 0.313 e. The number of halogens is 1. The Labute approximate surface area is 157 Å². The van der Waals surface area contributed by atoms with Crippen molar-refractivity contribution in [2.24, 2.45) is 5.73 Å². The molecule has 2 heterocycles. The Morgan fingerprint density at radius 3 is 2.56 bits per heavy atom. The fraction of sp³-hybridized carbons (Fsp3) is 0.368. The molecule has 0 bridgehead atoms. The molecular formula is C19H24FN5O2. The van der Waals surface area contributed by atoms with Gasteiger partial charge in [-0.15, -0.1) is 0 Å². The van der Waals surface area contributed by atoms with Crippen molar-refractivity contribution in [2.75, 3.05) is 18.0 Å². The lowest BCUT2D eigenvalue weighted by Gasteiger charge is -2.15. The van der Waals surface area contributed by atoms with E-state index < -0.39 is 11.8 Å². The zero-order chi connectivity index (χ0) is 18.5. The first-order valence-electron chi connectivity index (χ1n) is 8.38. The monoisotopic (exact) mass is 373 g/mol. The van der Waals surface area contributed by atoms with Crippen molar-refractivity contribution in [3.8, 4) is 11.1 Å². The lowest BCUT2D eigenvalue weighted by molar-refractivity contribution is -0.143. The summed E-state index contributed by atoms with van der Waals surface area (Å²) >= 11 is 0. The molecule has 0 amide bonds. The Balaban J connectivity index is 0.00000261. The number of carbonyl (C=O) groups is 1. The molecule has 0 spiro atoms. The van der Waals surface area contributed by atoms with E-state index in [-0.39, 0.29) is 31.9 Å². The van der Waals surface area contributed by atoms with Gasteiger partial charge in [-0.3, -0.25) is 10.2 Å². The van der Waals surface area contributed by atoms with Crippen LogP contribution in [0.3, 0.4) is 0 Å². The molecule has 1 aromatic heterocycles. The molecule has 1 aliphatic rings. The lowest BCUT2D eigenvalue weighted by Crippen LogP contribution is -2.20. The number of anilines is 1. The van der Waals surface area contributed by atoms with Gasteiger partial charge >= 0.3 is 5.97 Å². The van der Waals surface area contributed by atoms with Gasteiger partial charge in [-0.05, 0) is 12.8 Å². The Kier molecular flexibility index (Phi) is 6.81. The molecule has 0 saturated carbocycles. The van der Waals surface area contributed by atoms with E-state index in [1.54, 1.807) is 30.6 Å². The minimum absolute atomic E-state index is 0. The van der Waals surface area contributed by atoms with Crippen LogP contribution in [0.5, 0.6) is 0 Å². The first-order valence-corrected chi connectivity index (χ1v) is 8.38. The van der Waals surface area contributed by atoms with Crippen LogP contribution in [0.4, 0.5) is 10.3 Å². The summed E-state index contributed by atoms with van der Waals surface area (Å²) < 4.78 is 19.7. The second-order valence-electron chi connectivity index (χ2n) is 6.11. The van der Waals surface area contributed by atoms with Gasteiger partial charge in [0.2, 0.25) is 5.95 Å². The molecule has 0 atom stereocenters. The molecule has 1 aromatic carbocycles. The van der Waals surface area contributed by atoms with E-state index in [0.29, 0.717) is 17.1 Å². The zero-order valence-corrected chi connectivity index (χ0v) is 14.2. The zero-order valence-electron chi connectivity index (χ0n) is 14.2. The van der Waals surface area contributed by atoms with Crippen LogP contribution >= 0.6 is 0 Å². The highest BCUT2D eigenvalue weighted by Crippen LogP contribution is 2.26. The van der Waals surface area contributed by atoms with Crippen LogP contribution in [-0.4, -0.2) is 34.9 Å². The number of nitrogens with zero attached hydrogens (tertiary/aromatic N) is 3. The van der Waals surface area contributed by atoms with Gasteiger partial charge in [-0.2, -0.15) is 0 Å². The first-order chi connectivity index (χ1) is 12.5. The van der Waals surface area contributed by atoms with Gasteiger partial charge in [0.05, 0.1) is 0 Å². The van der Waals surface area contributed by atoms with Gasteiger partial charge < -0.3 is 15.4 Å². The summed E-state index contributed by atoms with van der Waals surface area (Å²) in [5, 5.41) is 7.06. The number of esters is 1. The predicted molar refractivity (Wildman–Crippen MR) is 102 cm³/mol. The number of rotatable bonds is 6. The number of aromatic nitrogens is 2. The Morgan fingerprint density at radius 2 is 1.93 bits per heavy atom. The number of ether oxygens (including phenoxy) is 1. The van der Waals surface area contributed by atoms with E-state index in [0.717, 1.165) is 25.9 Å². The van der Waals surface area contributed by atoms with Crippen LogP contribution in [0.2, 0.25) is 0 Å². The van der Waals surface area contributed by atoms with E-state index in [4.69, 9.17) is 15.9 Å². The van der Waals surface area contributed by atoms with Crippen LogP contribution in [0.15, 0.2) is 30.6 Å². The van der Waals surface area contributed by atoms with Gasteiger partial charge in [-0.1, -0.05) is 25.6 Å². The van der Waals surface area contributed by atoms with Crippen molar-refractivity contribution in [1.29, 1.82) is 5.41 Å². The molecule has 0 unspecified atom stereocenters. The molecule has 7 nitrogen and oxygen atoms in total.